The van der Waals surface area contributed by atoms with Crippen LogP contribution in [0.1, 0.15) is 31.8 Å². The van der Waals surface area contributed by atoms with Gasteiger partial charge in [-0.15, -0.1) is 0 Å². The number of fused-ring (bicyclic) bond motifs is 3. The van der Waals surface area contributed by atoms with Crippen molar-refractivity contribution in [2.24, 2.45) is 0 Å². The van der Waals surface area contributed by atoms with Gasteiger partial charge in [0.15, 0.2) is 12.0 Å². The van der Waals surface area contributed by atoms with Gasteiger partial charge >= 0.3 is 5.97 Å². The molecule has 5 aromatic rings. The first-order chi connectivity index (χ1) is 16.0. The number of oxazole rings is 1. The molecule has 0 saturated heterocycles. The zero-order chi connectivity index (χ0) is 22.9. The molecular formula is C25H18ClN3O4. The SMILES string of the molecule is O=C(O)c1ccc(CNC(=O)c2cc3ncoc3c3ccn(Cc4ccc(Cl)cc4)c23)cc1. The average Bonchev–Trinajstić information content (AvgIpc) is 3.45. The van der Waals surface area contributed by atoms with Crippen LogP contribution in [0.4, 0.5) is 0 Å². The zero-order valence-electron chi connectivity index (χ0n) is 17.3. The number of benzene rings is 3. The quantitative estimate of drug-likeness (QED) is 0.367. The van der Waals surface area contributed by atoms with Crippen LogP contribution in [0.25, 0.3) is 22.0 Å². The second-order valence-corrected chi connectivity index (χ2v) is 8.08. The highest BCUT2D eigenvalue weighted by Crippen LogP contribution is 2.30. The Morgan fingerprint density at radius 2 is 1.76 bits per heavy atom. The summed E-state index contributed by atoms with van der Waals surface area (Å²) in [6.07, 6.45) is 3.29. The molecule has 1 amide bonds. The maximum Gasteiger partial charge on any atom is 0.335 e. The van der Waals surface area contributed by atoms with E-state index < -0.39 is 5.97 Å². The van der Waals surface area contributed by atoms with Crippen molar-refractivity contribution in [1.82, 2.24) is 14.9 Å². The third kappa shape index (κ3) is 4.06. The number of aromatic carboxylic acids is 1. The first-order valence-electron chi connectivity index (χ1n) is 10.2. The zero-order valence-corrected chi connectivity index (χ0v) is 18.0. The number of nitrogens with one attached hydrogen (secondary N) is 1. The van der Waals surface area contributed by atoms with E-state index in [1.54, 1.807) is 18.2 Å². The van der Waals surface area contributed by atoms with Crippen LogP contribution in [0.15, 0.2) is 77.7 Å². The molecule has 0 radical (unpaired) electrons. The molecular weight excluding hydrogens is 442 g/mol. The van der Waals surface area contributed by atoms with E-state index >= 15 is 0 Å². The molecule has 2 N–H and O–H groups in total. The van der Waals surface area contributed by atoms with Gasteiger partial charge in [-0.1, -0.05) is 35.9 Å². The Bertz CT molecular complexity index is 1480. The van der Waals surface area contributed by atoms with Crippen LogP contribution in [0.5, 0.6) is 0 Å². The number of aromatic nitrogens is 2. The minimum Gasteiger partial charge on any atom is -0.478 e. The summed E-state index contributed by atoms with van der Waals surface area (Å²) in [6.45, 7) is 0.812. The molecule has 0 unspecified atom stereocenters. The van der Waals surface area contributed by atoms with Crippen LogP contribution in [0.2, 0.25) is 5.02 Å². The standard InChI is InChI=1S/C25H18ClN3O4/c26-18-7-3-16(4-8-18)13-29-10-9-19-22(29)20(11-21-23(19)33-14-28-21)24(30)27-12-15-1-5-17(6-2-15)25(31)32/h1-11,14H,12-13H2,(H,27,30)(H,31,32). The number of carbonyl (C=O) groups is 2. The molecule has 0 spiro atoms. The summed E-state index contributed by atoms with van der Waals surface area (Å²) in [6, 6.07) is 17.6. The molecule has 0 bridgehead atoms. The van der Waals surface area contributed by atoms with E-state index in [0.717, 1.165) is 22.0 Å². The number of halogens is 1. The lowest BCUT2D eigenvalue weighted by atomic mass is 10.1. The van der Waals surface area contributed by atoms with Gasteiger partial charge < -0.3 is 19.4 Å². The molecule has 3 aromatic carbocycles. The van der Waals surface area contributed by atoms with Crippen LogP contribution in [0, 0.1) is 0 Å². The highest BCUT2D eigenvalue weighted by Gasteiger charge is 2.19. The molecule has 0 fully saturated rings. The smallest absolute Gasteiger partial charge is 0.335 e. The van der Waals surface area contributed by atoms with Crippen molar-refractivity contribution >= 4 is 45.5 Å². The van der Waals surface area contributed by atoms with Gasteiger partial charge in [-0.05, 0) is 47.5 Å². The lowest BCUT2D eigenvalue weighted by molar-refractivity contribution is 0.0696. The highest BCUT2D eigenvalue weighted by atomic mass is 35.5. The van der Waals surface area contributed by atoms with E-state index in [-0.39, 0.29) is 18.0 Å². The van der Waals surface area contributed by atoms with E-state index in [0.29, 0.717) is 28.2 Å². The lowest BCUT2D eigenvalue weighted by Crippen LogP contribution is -2.23. The van der Waals surface area contributed by atoms with Gasteiger partial charge in [-0.3, -0.25) is 4.79 Å². The molecule has 2 heterocycles. The molecule has 164 valence electrons. The Morgan fingerprint density at radius 3 is 2.48 bits per heavy atom. The van der Waals surface area contributed by atoms with Crippen LogP contribution in [-0.4, -0.2) is 26.5 Å². The van der Waals surface area contributed by atoms with E-state index in [2.05, 4.69) is 10.3 Å². The summed E-state index contributed by atoms with van der Waals surface area (Å²) in [4.78, 5) is 28.5. The number of amides is 1. The van der Waals surface area contributed by atoms with Crippen molar-refractivity contribution < 1.29 is 19.1 Å². The molecule has 33 heavy (non-hydrogen) atoms. The minimum atomic E-state index is -0.990. The Balaban J connectivity index is 1.48. The number of carboxylic acids is 1. The normalized spacial score (nSPS) is 11.2. The molecule has 0 aliphatic rings. The topological polar surface area (TPSA) is 97.4 Å². The van der Waals surface area contributed by atoms with Crippen molar-refractivity contribution in [3.63, 3.8) is 0 Å². The minimum absolute atomic E-state index is 0.197. The summed E-state index contributed by atoms with van der Waals surface area (Å²) >= 11 is 6.01. The first-order valence-corrected chi connectivity index (χ1v) is 10.6. The molecule has 0 aliphatic carbocycles. The van der Waals surface area contributed by atoms with Crippen LogP contribution in [0.3, 0.4) is 0 Å². The number of rotatable bonds is 6. The molecule has 0 aliphatic heterocycles. The van der Waals surface area contributed by atoms with Crippen LogP contribution in [-0.2, 0) is 13.1 Å². The van der Waals surface area contributed by atoms with Gasteiger partial charge in [0, 0.05) is 29.7 Å². The van der Waals surface area contributed by atoms with E-state index in [1.165, 1.54) is 18.5 Å². The summed E-state index contributed by atoms with van der Waals surface area (Å²) in [5.74, 6) is -1.25. The molecule has 0 atom stereocenters. The van der Waals surface area contributed by atoms with Crippen LogP contribution < -0.4 is 5.32 Å². The fourth-order valence-electron chi connectivity index (χ4n) is 3.85. The first kappa shape index (κ1) is 20.8. The third-order valence-electron chi connectivity index (χ3n) is 5.50. The summed E-state index contributed by atoms with van der Waals surface area (Å²) in [7, 11) is 0. The van der Waals surface area contributed by atoms with Gasteiger partial charge in [0.1, 0.15) is 5.52 Å². The number of carboxylic acid groups (broad SMARTS) is 1. The molecule has 7 nitrogen and oxygen atoms in total. The monoisotopic (exact) mass is 459 g/mol. The van der Waals surface area contributed by atoms with Crippen molar-refractivity contribution in [2.75, 3.05) is 0 Å². The molecule has 8 heteroatoms. The van der Waals surface area contributed by atoms with Crippen molar-refractivity contribution in [1.29, 1.82) is 0 Å². The van der Waals surface area contributed by atoms with E-state index in [1.807, 2.05) is 41.1 Å². The van der Waals surface area contributed by atoms with Gasteiger partial charge in [-0.25, -0.2) is 9.78 Å². The average molecular weight is 460 g/mol. The Morgan fingerprint density at radius 1 is 1.03 bits per heavy atom. The predicted molar refractivity (Wildman–Crippen MR) is 125 cm³/mol. The summed E-state index contributed by atoms with van der Waals surface area (Å²) < 4.78 is 7.58. The summed E-state index contributed by atoms with van der Waals surface area (Å²) in [5.41, 5.74) is 4.48. The Hall–Kier alpha value is -4.10. The van der Waals surface area contributed by atoms with Gasteiger partial charge in [0.05, 0.1) is 16.6 Å². The lowest BCUT2D eigenvalue weighted by Gasteiger charge is -2.11. The summed E-state index contributed by atoms with van der Waals surface area (Å²) in [5, 5.41) is 13.4. The Labute approximate surface area is 193 Å². The molecule has 0 saturated carbocycles. The van der Waals surface area contributed by atoms with E-state index in [4.69, 9.17) is 21.1 Å². The van der Waals surface area contributed by atoms with Gasteiger partial charge in [-0.2, -0.15) is 0 Å². The van der Waals surface area contributed by atoms with Crippen LogP contribution >= 0.6 is 11.6 Å². The maximum absolute atomic E-state index is 13.2. The largest absolute Gasteiger partial charge is 0.478 e. The predicted octanol–water partition coefficient (Wildman–Crippen LogP) is 5.11. The van der Waals surface area contributed by atoms with Crippen molar-refractivity contribution in [2.45, 2.75) is 13.1 Å². The molecule has 2 aromatic heterocycles. The number of hydrogen-bond acceptors (Lipinski definition) is 4. The van der Waals surface area contributed by atoms with Crippen molar-refractivity contribution in [3.8, 4) is 0 Å². The third-order valence-corrected chi connectivity index (χ3v) is 5.76. The van der Waals surface area contributed by atoms with Gasteiger partial charge in [0.25, 0.3) is 5.91 Å². The Kier molecular flexibility index (Phi) is 5.32. The number of carbonyl (C=O) groups excluding carboxylic acids is 1. The fourth-order valence-corrected chi connectivity index (χ4v) is 3.98. The van der Waals surface area contributed by atoms with Crippen molar-refractivity contribution in [3.05, 3.63) is 101 Å². The second kappa shape index (κ2) is 8.44. The molecule has 5 rings (SSSR count). The fraction of sp³-hybridized carbons (Fsp3) is 0.0800. The second-order valence-electron chi connectivity index (χ2n) is 7.64. The number of hydrogen-bond donors (Lipinski definition) is 2. The number of nitrogens with zero attached hydrogens (tertiary/aromatic N) is 2. The maximum atomic E-state index is 13.2. The van der Waals surface area contributed by atoms with Gasteiger partial charge in [0.2, 0.25) is 0 Å². The highest BCUT2D eigenvalue weighted by molar-refractivity contribution is 6.30. The van der Waals surface area contributed by atoms with E-state index in [9.17, 15) is 9.59 Å².